The predicted molar refractivity (Wildman–Crippen MR) is 102 cm³/mol. The van der Waals surface area contributed by atoms with Crippen LogP contribution in [0.2, 0.25) is 10.0 Å². The number of rotatable bonds is 6. The zero-order valence-electron chi connectivity index (χ0n) is 14.0. The minimum absolute atomic E-state index is 0.295. The quantitative estimate of drug-likeness (QED) is 0.630. The van der Waals surface area contributed by atoms with E-state index in [0.29, 0.717) is 44.7 Å². The summed E-state index contributed by atoms with van der Waals surface area (Å²) >= 11 is 12.1. The van der Waals surface area contributed by atoms with Gasteiger partial charge in [0.25, 0.3) is 0 Å². The Hall–Kier alpha value is -2.77. The van der Waals surface area contributed by atoms with Gasteiger partial charge in [0.1, 0.15) is 11.5 Å². The molecule has 0 aliphatic heterocycles. The van der Waals surface area contributed by atoms with E-state index in [0.717, 1.165) is 0 Å². The first kappa shape index (κ1) is 18.0. The molecule has 0 saturated heterocycles. The van der Waals surface area contributed by atoms with Gasteiger partial charge in [-0.15, -0.1) is 5.10 Å². The van der Waals surface area contributed by atoms with Gasteiger partial charge in [0.2, 0.25) is 5.95 Å². The molecule has 3 aromatic rings. The van der Waals surface area contributed by atoms with E-state index in [2.05, 4.69) is 25.8 Å². The van der Waals surface area contributed by atoms with Crippen LogP contribution in [0.3, 0.4) is 0 Å². The number of methoxy groups -OCH3 is 2. The van der Waals surface area contributed by atoms with Gasteiger partial charge in [0.05, 0.1) is 36.8 Å². The molecule has 0 aliphatic rings. The largest absolute Gasteiger partial charge is 0.497 e. The second kappa shape index (κ2) is 8.07. The third kappa shape index (κ3) is 4.25. The highest BCUT2D eigenvalue weighted by atomic mass is 35.5. The molecule has 9 heteroatoms. The molecule has 0 aliphatic carbocycles. The van der Waals surface area contributed by atoms with Crippen molar-refractivity contribution in [2.45, 2.75) is 0 Å². The Balaban J connectivity index is 1.81. The van der Waals surface area contributed by atoms with Crippen LogP contribution in [0.4, 0.5) is 23.1 Å². The average molecular weight is 392 g/mol. The molecule has 0 unspecified atom stereocenters. The molecule has 2 aromatic carbocycles. The molecule has 1 aromatic heterocycles. The summed E-state index contributed by atoms with van der Waals surface area (Å²) in [6.45, 7) is 0. The Bertz CT molecular complexity index is 923. The fourth-order valence-electron chi connectivity index (χ4n) is 2.17. The molecule has 0 atom stereocenters. The average Bonchev–Trinajstić information content (AvgIpc) is 2.65. The Kier molecular flexibility index (Phi) is 5.60. The smallest absolute Gasteiger partial charge is 0.249 e. The molecule has 0 fully saturated rings. The minimum atomic E-state index is 0.295. The van der Waals surface area contributed by atoms with Gasteiger partial charge in [0, 0.05) is 11.1 Å². The predicted octanol–water partition coefficient (Wildman–Crippen LogP) is 4.68. The fourth-order valence-corrected chi connectivity index (χ4v) is 2.62. The van der Waals surface area contributed by atoms with Crippen LogP contribution in [-0.4, -0.2) is 29.4 Å². The van der Waals surface area contributed by atoms with E-state index < -0.39 is 0 Å². The lowest BCUT2D eigenvalue weighted by Crippen LogP contribution is -2.03. The van der Waals surface area contributed by atoms with Gasteiger partial charge < -0.3 is 20.1 Å². The van der Waals surface area contributed by atoms with Crippen molar-refractivity contribution in [3.8, 4) is 11.5 Å². The van der Waals surface area contributed by atoms with E-state index in [1.807, 2.05) is 0 Å². The van der Waals surface area contributed by atoms with Crippen LogP contribution in [0, 0.1) is 0 Å². The number of hydrogen-bond donors (Lipinski definition) is 2. The van der Waals surface area contributed by atoms with Gasteiger partial charge in [-0.05, 0) is 30.3 Å². The highest BCUT2D eigenvalue weighted by Gasteiger charge is 2.09. The van der Waals surface area contributed by atoms with Crippen LogP contribution in [0.5, 0.6) is 11.5 Å². The molecule has 0 bridgehead atoms. The standard InChI is InChI=1S/C17H15Cl2N5O2/c1-25-11-4-6-14(15(8-11)26-2)22-17-23-16(9-20-24-17)21-13-5-3-10(18)7-12(13)19/h3-9H,1-2H3,(H2,21,22,23,24). The Morgan fingerprint density at radius 3 is 2.46 bits per heavy atom. The summed E-state index contributed by atoms with van der Waals surface area (Å²) < 4.78 is 10.5. The first-order valence-corrected chi connectivity index (χ1v) is 8.25. The minimum Gasteiger partial charge on any atom is -0.497 e. The van der Waals surface area contributed by atoms with Crippen LogP contribution in [0.15, 0.2) is 42.6 Å². The maximum atomic E-state index is 6.16. The second-order valence-corrected chi connectivity index (χ2v) is 5.95. The van der Waals surface area contributed by atoms with Gasteiger partial charge in [0.15, 0.2) is 5.82 Å². The number of halogens is 2. The van der Waals surface area contributed by atoms with Crippen molar-refractivity contribution in [3.05, 3.63) is 52.6 Å². The summed E-state index contributed by atoms with van der Waals surface area (Å²) in [4.78, 5) is 4.37. The lowest BCUT2D eigenvalue weighted by Gasteiger charge is -2.12. The van der Waals surface area contributed by atoms with E-state index in [9.17, 15) is 0 Å². The van der Waals surface area contributed by atoms with Crippen molar-refractivity contribution < 1.29 is 9.47 Å². The second-order valence-electron chi connectivity index (χ2n) is 5.11. The van der Waals surface area contributed by atoms with Crippen molar-refractivity contribution >= 4 is 46.3 Å². The molecule has 7 nitrogen and oxygen atoms in total. The van der Waals surface area contributed by atoms with Crippen molar-refractivity contribution in [2.75, 3.05) is 24.9 Å². The number of aromatic nitrogens is 3. The third-order valence-corrected chi connectivity index (χ3v) is 3.96. The van der Waals surface area contributed by atoms with Crippen LogP contribution in [0.1, 0.15) is 0 Å². The number of benzene rings is 2. The van der Waals surface area contributed by atoms with Crippen LogP contribution < -0.4 is 20.1 Å². The van der Waals surface area contributed by atoms with Crippen LogP contribution in [0.25, 0.3) is 0 Å². The molecular formula is C17H15Cl2N5O2. The first-order chi connectivity index (χ1) is 12.6. The zero-order valence-corrected chi connectivity index (χ0v) is 15.5. The fraction of sp³-hybridized carbons (Fsp3) is 0.118. The molecule has 2 N–H and O–H groups in total. The summed E-state index contributed by atoms with van der Waals surface area (Å²) in [5.74, 6) is 2.04. The molecule has 26 heavy (non-hydrogen) atoms. The van der Waals surface area contributed by atoms with Crippen LogP contribution >= 0.6 is 23.2 Å². The van der Waals surface area contributed by atoms with E-state index in [4.69, 9.17) is 32.7 Å². The van der Waals surface area contributed by atoms with Gasteiger partial charge >= 0.3 is 0 Å². The summed E-state index contributed by atoms with van der Waals surface area (Å²) in [6.07, 6.45) is 1.49. The molecule has 0 spiro atoms. The van der Waals surface area contributed by atoms with E-state index in [1.54, 1.807) is 50.6 Å². The van der Waals surface area contributed by atoms with E-state index in [-0.39, 0.29) is 0 Å². The first-order valence-electron chi connectivity index (χ1n) is 7.50. The molecule has 0 radical (unpaired) electrons. The summed E-state index contributed by atoms with van der Waals surface area (Å²) in [5.41, 5.74) is 1.33. The molecule has 3 rings (SSSR count). The SMILES string of the molecule is COc1ccc(Nc2nncc(Nc3ccc(Cl)cc3Cl)n2)c(OC)c1. The third-order valence-electron chi connectivity index (χ3n) is 3.41. The molecule has 0 saturated carbocycles. The van der Waals surface area contributed by atoms with Gasteiger partial charge in [-0.2, -0.15) is 10.1 Å². The normalized spacial score (nSPS) is 10.3. The Morgan fingerprint density at radius 1 is 0.923 bits per heavy atom. The van der Waals surface area contributed by atoms with Crippen molar-refractivity contribution in [1.82, 2.24) is 15.2 Å². The van der Waals surface area contributed by atoms with Gasteiger partial charge in [-0.1, -0.05) is 23.2 Å². The van der Waals surface area contributed by atoms with E-state index in [1.165, 1.54) is 6.20 Å². The van der Waals surface area contributed by atoms with Crippen molar-refractivity contribution in [2.24, 2.45) is 0 Å². The Labute approximate surface area is 160 Å². The van der Waals surface area contributed by atoms with Gasteiger partial charge in [-0.25, -0.2) is 0 Å². The molecular weight excluding hydrogens is 377 g/mol. The Morgan fingerprint density at radius 2 is 1.73 bits per heavy atom. The monoisotopic (exact) mass is 391 g/mol. The number of hydrogen-bond acceptors (Lipinski definition) is 7. The number of ether oxygens (including phenoxy) is 2. The lowest BCUT2D eigenvalue weighted by atomic mass is 10.2. The summed E-state index contributed by atoms with van der Waals surface area (Å²) in [5, 5.41) is 15.1. The maximum Gasteiger partial charge on any atom is 0.249 e. The van der Waals surface area contributed by atoms with E-state index >= 15 is 0 Å². The molecule has 0 amide bonds. The maximum absolute atomic E-state index is 6.16. The highest BCUT2D eigenvalue weighted by molar-refractivity contribution is 6.36. The van der Waals surface area contributed by atoms with Crippen LogP contribution in [-0.2, 0) is 0 Å². The molecule has 1 heterocycles. The van der Waals surface area contributed by atoms with Crippen molar-refractivity contribution in [3.63, 3.8) is 0 Å². The van der Waals surface area contributed by atoms with Crippen molar-refractivity contribution in [1.29, 1.82) is 0 Å². The van der Waals surface area contributed by atoms with Gasteiger partial charge in [-0.3, -0.25) is 0 Å². The number of anilines is 4. The topological polar surface area (TPSA) is 81.2 Å². The lowest BCUT2D eigenvalue weighted by molar-refractivity contribution is 0.395. The number of nitrogens with one attached hydrogen (secondary N) is 2. The number of nitrogens with zero attached hydrogens (tertiary/aromatic N) is 3. The summed E-state index contributed by atoms with van der Waals surface area (Å²) in [6, 6.07) is 10.5. The highest BCUT2D eigenvalue weighted by Crippen LogP contribution is 2.31. The molecule has 134 valence electrons. The summed E-state index contributed by atoms with van der Waals surface area (Å²) in [7, 11) is 3.16. The zero-order chi connectivity index (χ0) is 18.5.